The molecule has 0 aromatic heterocycles. The number of amides is 4. The topological polar surface area (TPSA) is 86.7 Å². The fourth-order valence-corrected chi connectivity index (χ4v) is 1.48. The lowest BCUT2D eigenvalue weighted by Crippen LogP contribution is -2.52. The molecule has 1 aromatic rings. The van der Waals surface area contributed by atoms with E-state index in [0.29, 0.717) is 5.56 Å². The quantitative estimate of drug-likeness (QED) is 0.557. The second-order valence-corrected chi connectivity index (χ2v) is 3.77. The lowest BCUT2D eigenvalue weighted by atomic mass is 10.1. The SMILES string of the molecule is CN1C(=O)NC(=O)C(=Cc2ccc(O)cc2)C1=O. The maximum Gasteiger partial charge on any atom is 0.331 e. The molecule has 1 aliphatic heterocycles. The molecule has 1 aromatic carbocycles. The van der Waals surface area contributed by atoms with Crippen LogP contribution < -0.4 is 5.32 Å². The summed E-state index contributed by atoms with van der Waals surface area (Å²) in [6.45, 7) is 0. The number of carbonyl (C=O) groups is 3. The number of phenols is 1. The van der Waals surface area contributed by atoms with Crippen molar-refractivity contribution in [1.82, 2.24) is 10.2 Å². The van der Waals surface area contributed by atoms with Crippen molar-refractivity contribution in [2.24, 2.45) is 0 Å². The van der Waals surface area contributed by atoms with E-state index >= 15 is 0 Å². The van der Waals surface area contributed by atoms with Crippen LogP contribution in [0.1, 0.15) is 5.56 Å². The second-order valence-electron chi connectivity index (χ2n) is 3.77. The highest BCUT2D eigenvalue weighted by Gasteiger charge is 2.32. The minimum absolute atomic E-state index is 0.0869. The number of carbonyl (C=O) groups excluding carboxylic acids is 3. The van der Waals surface area contributed by atoms with Crippen molar-refractivity contribution in [2.75, 3.05) is 7.05 Å². The van der Waals surface area contributed by atoms with Gasteiger partial charge in [0.15, 0.2) is 0 Å². The highest BCUT2D eigenvalue weighted by Crippen LogP contribution is 2.15. The average Bonchev–Trinajstić information content (AvgIpc) is 2.34. The number of hydrogen-bond donors (Lipinski definition) is 2. The molecule has 6 heteroatoms. The standard InChI is InChI=1S/C12H10N2O4/c1-14-11(17)9(10(16)13-12(14)18)6-7-2-4-8(15)5-3-7/h2-6,15H,1H3,(H,13,16,18). The number of imide groups is 2. The number of likely N-dealkylation sites (N-methyl/N-ethyl adjacent to an activating group) is 1. The zero-order valence-electron chi connectivity index (χ0n) is 9.51. The zero-order chi connectivity index (χ0) is 13.3. The van der Waals surface area contributed by atoms with E-state index in [1.807, 2.05) is 0 Å². The van der Waals surface area contributed by atoms with Gasteiger partial charge in [0.25, 0.3) is 11.8 Å². The molecule has 2 rings (SSSR count). The van der Waals surface area contributed by atoms with Crippen molar-refractivity contribution in [3.05, 3.63) is 35.4 Å². The third-order valence-electron chi connectivity index (χ3n) is 2.51. The van der Waals surface area contributed by atoms with Gasteiger partial charge in [-0.2, -0.15) is 0 Å². The Morgan fingerprint density at radius 2 is 1.78 bits per heavy atom. The summed E-state index contributed by atoms with van der Waals surface area (Å²) < 4.78 is 0. The molecule has 4 amide bonds. The summed E-state index contributed by atoms with van der Waals surface area (Å²) in [5.74, 6) is -1.29. The molecular formula is C12H10N2O4. The molecule has 1 heterocycles. The molecule has 1 fully saturated rings. The summed E-state index contributed by atoms with van der Waals surface area (Å²) in [4.78, 5) is 35.3. The molecule has 0 bridgehead atoms. The maximum atomic E-state index is 11.7. The summed E-state index contributed by atoms with van der Waals surface area (Å²) in [7, 11) is 1.29. The first kappa shape index (κ1) is 11.8. The Morgan fingerprint density at radius 3 is 2.39 bits per heavy atom. The monoisotopic (exact) mass is 246 g/mol. The molecule has 0 radical (unpaired) electrons. The minimum atomic E-state index is -0.743. The van der Waals surface area contributed by atoms with E-state index in [-0.39, 0.29) is 11.3 Å². The highest BCUT2D eigenvalue weighted by atomic mass is 16.3. The first-order chi connectivity index (χ1) is 8.49. The number of rotatable bonds is 1. The number of hydrogen-bond acceptors (Lipinski definition) is 4. The summed E-state index contributed by atoms with van der Waals surface area (Å²) in [6, 6.07) is 5.24. The van der Waals surface area contributed by atoms with Crippen LogP contribution in [0.4, 0.5) is 4.79 Å². The Hall–Kier alpha value is -2.63. The molecule has 0 aliphatic carbocycles. The van der Waals surface area contributed by atoms with E-state index in [4.69, 9.17) is 5.11 Å². The number of nitrogens with one attached hydrogen (secondary N) is 1. The number of phenolic OH excluding ortho intramolecular Hbond substituents is 1. The van der Waals surface area contributed by atoms with Gasteiger partial charge in [-0.3, -0.25) is 19.8 Å². The van der Waals surface area contributed by atoms with Crippen LogP contribution in [0.5, 0.6) is 5.75 Å². The van der Waals surface area contributed by atoms with Gasteiger partial charge < -0.3 is 5.11 Å². The van der Waals surface area contributed by atoms with Gasteiger partial charge >= 0.3 is 6.03 Å². The number of urea groups is 1. The Morgan fingerprint density at radius 1 is 1.17 bits per heavy atom. The first-order valence-corrected chi connectivity index (χ1v) is 5.13. The van der Waals surface area contributed by atoms with E-state index in [0.717, 1.165) is 4.90 Å². The zero-order valence-corrected chi connectivity index (χ0v) is 9.51. The smallest absolute Gasteiger partial charge is 0.331 e. The van der Waals surface area contributed by atoms with Crippen LogP contribution >= 0.6 is 0 Å². The number of nitrogens with zero attached hydrogens (tertiary/aromatic N) is 1. The minimum Gasteiger partial charge on any atom is -0.508 e. The Labute approximate surface area is 103 Å². The fourth-order valence-electron chi connectivity index (χ4n) is 1.48. The first-order valence-electron chi connectivity index (χ1n) is 5.13. The second kappa shape index (κ2) is 4.33. The van der Waals surface area contributed by atoms with Crippen molar-refractivity contribution in [1.29, 1.82) is 0 Å². The average molecular weight is 246 g/mol. The lowest BCUT2D eigenvalue weighted by molar-refractivity contribution is -0.129. The molecule has 0 saturated carbocycles. The summed E-state index contributed by atoms with van der Waals surface area (Å²) in [6.07, 6.45) is 1.36. The molecule has 92 valence electrons. The van der Waals surface area contributed by atoms with Crippen LogP contribution in [-0.4, -0.2) is 34.9 Å². The maximum absolute atomic E-state index is 11.7. The van der Waals surface area contributed by atoms with Gasteiger partial charge in [0, 0.05) is 7.05 Å². The van der Waals surface area contributed by atoms with E-state index < -0.39 is 17.8 Å². The van der Waals surface area contributed by atoms with Gasteiger partial charge in [-0.1, -0.05) is 12.1 Å². The van der Waals surface area contributed by atoms with Gasteiger partial charge in [0.05, 0.1) is 0 Å². The predicted molar refractivity (Wildman–Crippen MR) is 62.4 cm³/mol. The van der Waals surface area contributed by atoms with E-state index in [1.54, 1.807) is 12.1 Å². The molecule has 0 atom stereocenters. The normalized spacial score (nSPS) is 18.2. The number of barbiturate groups is 1. The van der Waals surface area contributed by atoms with Crippen molar-refractivity contribution in [2.45, 2.75) is 0 Å². The third-order valence-corrected chi connectivity index (χ3v) is 2.51. The fraction of sp³-hybridized carbons (Fsp3) is 0.0833. The van der Waals surface area contributed by atoms with Gasteiger partial charge in [-0.15, -0.1) is 0 Å². The van der Waals surface area contributed by atoms with Crippen molar-refractivity contribution < 1.29 is 19.5 Å². The van der Waals surface area contributed by atoms with Gasteiger partial charge in [0.1, 0.15) is 11.3 Å². The predicted octanol–water partition coefficient (Wildman–Crippen LogP) is 0.484. The number of benzene rings is 1. The van der Waals surface area contributed by atoms with Crippen molar-refractivity contribution in [3.8, 4) is 5.75 Å². The highest BCUT2D eigenvalue weighted by molar-refractivity contribution is 6.30. The van der Waals surface area contributed by atoms with Crippen LogP contribution in [0.2, 0.25) is 0 Å². The number of aromatic hydroxyl groups is 1. The van der Waals surface area contributed by atoms with Gasteiger partial charge in [0.2, 0.25) is 0 Å². The van der Waals surface area contributed by atoms with E-state index in [9.17, 15) is 14.4 Å². The van der Waals surface area contributed by atoms with Gasteiger partial charge in [-0.05, 0) is 23.8 Å². The third kappa shape index (κ3) is 2.08. The van der Waals surface area contributed by atoms with Crippen molar-refractivity contribution in [3.63, 3.8) is 0 Å². The molecule has 1 aliphatic rings. The summed E-state index contributed by atoms with van der Waals surface area (Å²) in [5.41, 5.74) is 0.455. The van der Waals surface area contributed by atoms with Crippen LogP contribution in [0.25, 0.3) is 6.08 Å². The molecule has 0 spiro atoms. The Bertz CT molecular complexity index is 560. The molecule has 6 nitrogen and oxygen atoms in total. The van der Waals surface area contributed by atoms with E-state index in [2.05, 4.69) is 5.32 Å². The Kier molecular flexibility index (Phi) is 2.85. The van der Waals surface area contributed by atoms with Crippen LogP contribution in [0, 0.1) is 0 Å². The van der Waals surface area contributed by atoms with Gasteiger partial charge in [-0.25, -0.2) is 4.79 Å². The summed E-state index contributed by atoms with van der Waals surface area (Å²) >= 11 is 0. The summed E-state index contributed by atoms with van der Waals surface area (Å²) in [5, 5.41) is 11.2. The molecule has 18 heavy (non-hydrogen) atoms. The van der Waals surface area contributed by atoms with E-state index in [1.165, 1.54) is 25.3 Å². The van der Waals surface area contributed by atoms with Crippen LogP contribution in [0.3, 0.4) is 0 Å². The molecule has 0 unspecified atom stereocenters. The largest absolute Gasteiger partial charge is 0.508 e. The lowest BCUT2D eigenvalue weighted by Gasteiger charge is -2.22. The Balaban J connectivity index is 2.37. The van der Waals surface area contributed by atoms with Crippen LogP contribution in [0.15, 0.2) is 29.8 Å². The molecule has 2 N–H and O–H groups in total. The molecular weight excluding hydrogens is 236 g/mol. The van der Waals surface area contributed by atoms with Crippen LogP contribution in [-0.2, 0) is 9.59 Å². The molecule has 1 saturated heterocycles. The van der Waals surface area contributed by atoms with Crippen molar-refractivity contribution >= 4 is 23.9 Å².